The van der Waals surface area contributed by atoms with E-state index < -0.39 is 18.6 Å². The van der Waals surface area contributed by atoms with Crippen LogP contribution in [0.25, 0.3) is 0 Å². The fraction of sp³-hybridized carbons (Fsp3) is 1.00. The largest absolute Gasteiger partial charge is 0.390 e. The maximum absolute atomic E-state index is 12.3. The van der Waals surface area contributed by atoms with Crippen molar-refractivity contribution in [1.29, 1.82) is 0 Å². The van der Waals surface area contributed by atoms with Gasteiger partial charge < -0.3 is 10.2 Å². The molecule has 114 valence electrons. The molecule has 2 atom stereocenters. The number of alkyl halides is 3. The van der Waals surface area contributed by atoms with Gasteiger partial charge in [0, 0.05) is 12.1 Å². The maximum atomic E-state index is 12.3. The Labute approximate surface area is 114 Å². The molecule has 1 aliphatic heterocycles. The molecule has 0 aromatic carbocycles. The Morgan fingerprint density at radius 1 is 1.21 bits per heavy atom. The van der Waals surface area contributed by atoms with Crippen LogP contribution in [-0.4, -0.2) is 42.8 Å². The van der Waals surface area contributed by atoms with E-state index in [0.29, 0.717) is 5.92 Å². The average Bonchev–Trinajstić information content (AvgIpc) is 2.27. The number of hydrogen-bond donors (Lipinski definition) is 1. The summed E-state index contributed by atoms with van der Waals surface area (Å²) < 4.78 is 36.9. The molecular weight excluding hydrogens is 253 g/mol. The molecule has 0 saturated carbocycles. The van der Waals surface area contributed by atoms with E-state index >= 15 is 0 Å². The summed E-state index contributed by atoms with van der Waals surface area (Å²) in [6.07, 6.45) is -1.47. The second-order valence-corrected chi connectivity index (χ2v) is 5.85. The topological polar surface area (TPSA) is 15.3 Å². The molecule has 0 spiro atoms. The highest BCUT2D eigenvalue weighted by Gasteiger charge is 2.31. The van der Waals surface area contributed by atoms with Gasteiger partial charge in [0.1, 0.15) is 0 Å². The zero-order valence-corrected chi connectivity index (χ0v) is 12.3. The van der Waals surface area contributed by atoms with E-state index in [1.54, 1.807) is 6.92 Å². The molecule has 1 rings (SSSR count). The molecule has 1 fully saturated rings. The van der Waals surface area contributed by atoms with Crippen LogP contribution in [0.15, 0.2) is 0 Å². The Morgan fingerprint density at radius 3 is 2.26 bits per heavy atom. The predicted octanol–water partition coefficient (Wildman–Crippen LogP) is 3.43. The Balaban J connectivity index is 2.29. The lowest BCUT2D eigenvalue weighted by Crippen LogP contribution is -2.45. The molecule has 1 aliphatic rings. The van der Waals surface area contributed by atoms with Crippen molar-refractivity contribution >= 4 is 0 Å². The Morgan fingerprint density at radius 2 is 1.79 bits per heavy atom. The SMILES string of the molecule is CCCN1CCC(C(C)NC(C)CC(F)(F)F)CC1. The minimum atomic E-state index is -4.07. The molecular formula is C14H27F3N2. The highest BCUT2D eigenvalue weighted by molar-refractivity contribution is 4.81. The first-order valence-electron chi connectivity index (χ1n) is 7.37. The number of rotatable bonds is 6. The number of likely N-dealkylation sites (tertiary alicyclic amines) is 1. The highest BCUT2D eigenvalue weighted by atomic mass is 19.4. The van der Waals surface area contributed by atoms with Crippen molar-refractivity contribution in [3.63, 3.8) is 0 Å². The van der Waals surface area contributed by atoms with Gasteiger partial charge in [-0.25, -0.2) is 0 Å². The first kappa shape index (κ1) is 16.8. The molecule has 5 heteroatoms. The van der Waals surface area contributed by atoms with E-state index in [1.807, 2.05) is 6.92 Å². The van der Waals surface area contributed by atoms with E-state index in [0.717, 1.165) is 32.5 Å². The monoisotopic (exact) mass is 280 g/mol. The Bertz CT molecular complexity index is 248. The van der Waals surface area contributed by atoms with Crippen LogP contribution in [0, 0.1) is 5.92 Å². The third-order valence-corrected chi connectivity index (χ3v) is 3.96. The summed E-state index contributed by atoms with van der Waals surface area (Å²) in [7, 11) is 0. The predicted molar refractivity (Wildman–Crippen MR) is 72.2 cm³/mol. The summed E-state index contributed by atoms with van der Waals surface area (Å²) in [6, 6.07) is -0.329. The second kappa shape index (κ2) is 7.48. The molecule has 2 nitrogen and oxygen atoms in total. The van der Waals surface area contributed by atoms with Gasteiger partial charge in [-0.3, -0.25) is 0 Å². The molecule has 0 aromatic heterocycles. The van der Waals surface area contributed by atoms with Gasteiger partial charge >= 0.3 is 6.18 Å². The third-order valence-electron chi connectivity index (χ3n) is 3.96. The first-order chi connectivity index (χ1) is 8.81. The smallest absolute Gasteiger partial charge is 0.311 e. The van der Waals surface area contributed by atoms with Gasteiger partial charge in [-0.2, -0.15) is 13.2 Å². The van der Waals surface area contributed by atoms with Crippen LogP contribution in [0.3, 0.4) is 0 Å². The third kappa shape index (κ3) is 6.61. The minimum absolute atomic E-state index is 0.168. The normalized spacial score (nSPS) is 22.4. The zero-order valence-electron chi connectivity index (χ0n) is 12.3. The number of hydrogen-bond acceptors (Lipinski definition) is 2. The molecule has 0 radical (unpaired) electrons. The lowest BCUT2D eigenvalue weighted by molar-refractivity contribution is -0.139. The van der Waals surface area contributed by atoms with Crippen LogP contribution < -0.4 is 5.32 Å². The van der Waals surface area contributed by atoms with Crippen LogP contribution in [0.1, 0.15) is 46.5 Å². The quantitative estimate of drug-likeness (QED) is 0.802. The van der Waals surface area contributed by atoms with Crippen LogP contribution in [0.2, 0.25) is 0 Å². The van der Waals surface area contributed by atoms with Gasteiger partial charge in [0.25, 0.3) is 0 Å². The second-order valence-electron chi connectivity index (χ2n) is 5.85. The van der Waals surface area contributed by atoms with Crippen molar-refractivity contribution in [3.05, 3.63) is 0 Å². The molecule has 0 bridgehead atoms. The Kier molecular flexibility index (Phi) is 6.60. The molecule has 0 amide bonds. The molecule has 1 N–H and O–H groups in total. The standard InChI is InChI=1S/C14H27F3N2/c1-4-7-19-8-5-13(6-9-19)12(3)18-11(2)10-14(15,16)17/h11-13,18H,4-10H2,1-3H3. The summed E-state index contributed by atoms with van der Waals surface area (Å²) in [5.41, 5.74) is 0. The molecule has 0 aliphatic carbocycles. The Hall–Kier alpha value is -0.290. The molecule has 19 heavy (non-hydrogen) atoms. The van der Waals surface area contributed by atoms with Crippen molar-refractivity contribution in [3.8, 4) is 0 Å². The van der Waals surface area contributed by atoms with Crippen LogP contribution in [-0.2, 0) is 0 Å². The van der Waals surface area contributed by atoms with E-state index in [2.05, 4.69) is 17.1 Å². The van der Waals surface area contributed by atoms with Crippen molar-refractivity contribution < 1.29 is 13.2 Å². The molecule has 2 unspecified atom stereocenters. The van der Waals surface area contributed by atoms with E-state index in [-0.39, 0.29) is 6.04 Å². The van der Waals surface area contributed by atoms with Gasteiger partial charge in [0.2, 0.25) is 0 Å². The molecule has 0 aromatic rings. The number of halogens is 3. The number of nitrogens with zero attached hydrogens (tertiary/aromatic N) is 1. The van der Waals surface area contributed by atoms with Crippen molar-refractivity contribution in [1.82, 2.24) is 10.2 Å². The minimum Gasteiger partial charge on any atom is -0.311 e. The highest BCUT2D eigenvalue weighted by Crippen LogP contribution is 2.24. The average molecular weight is 280 g/mol. The fourth-order valence-corrected chi connectivity index (χ4v) is 2.98. The van der Waals surface area contributed by atoms with Crippen molar-refractivity contribution in [2.75, 3.05) is 19.6 Å². The van der Waals surface area contributed by atoms with Crippen molar-refractivity contribution in [2.24, 2.45) is 5.92 Å². The summed E-state index contributed by atoms with van der Waals surface area (Å²) >= 11 is 0. The number of piperidine rings is 1. The number of nitrogens with one attached hydrogen (secondary N) is 1. The van der Waals surface area contributed by atoms with Crippen molar-refractivity contribution in [2.45, 2.75) is 64.7 Å². The van der Waals surface area contributed by atoms with Crippen LogP contribution in [0.4, 0.5) is 13.2 Å². The molecule has 1 saturated heterocycles. The maximum Gasteiger partial charge on any atom is 0.390 e. The van der Waals surface area contributed by atoms with E-state index in [4.69, 9.17) is 0 Å². The van der Waals surface area contributed by atoms with Gasteiger partial charge in [-0.1, -0.05) is 6.92 Å². The van der Waals surface area contributed by atoms with Crippen LogP contribution >= 0.6 is 0 Å². The van der Waals surface area contributed by atoms with E-state index in [1.165, 1.54) is 6.42 Å². The summed E-state index contributed by atoms with van der Waals surface area (Å²) in [5, 5.41) is 3.11. The zero-order chi connectivity index (χ0) is 14.5. The van der Waals surface area contributed by atoms with E-state index in [9.17, 15) is 13.2 Å². The summed E-state index contributed by atoms with van der Waals surface area (Å²) in [4.78, 5) is 2.45. The molecule has 1 heterocycles. The summed E-state index contributed by atoms with van der Waals surface area (Å²) in [5.74, 6) is 0.504. The van der Waals surface area contributed by atoms with Gasteiger partial charge in [0.15, 0.2) is 0 Å². The van der Waals surface area contributed by atoms with Gasteiger partial charge in [-0.15, -0.1) is 0 Å². The van der Waals surface area contributed by atoms with Gasteiger partial charge in [0.05, 0.1) is 6.42 Å². The lowest BCUT2D eigenvalue weighted by atomic mass is 9.89. The van der Waals surface area contributed by atoms with Gasteiger partial charge in [-0.05, 0) is 58.7 Å². The summed E-state index contributed by atoms with van der Waals surface area (Å²) in [6.45, 7) is 9.12. The van der Waals surface area contributed by atoms with Crippen LogP contribution in [0.5, 0.6) is 0 Å². The lowest BCUT2D eigenvalue weighted by Gasteiger charge is -2.36. The first-order valence-corrected chi connectivity index (χ1v) is 7.37. The fourth-order valence-electron chi connectivity index (χ4n) is 2.98.